The molecule has 1 heterocycles. The van der Waals surface area contributed by atoms with Crippen LogP contribution < -0.4 is 0 Å². The van der Waals surface area contributed by atoms with E-state index in [0.717, 1.165) is 6.42 Å². The van der Waals surface area contributed by atoms with E-state index in [1.165, 1.54) is 0 Å². The highest BCUT2D eigenvalue weighted by atomic mass is 16.5. The summed E-state index contributed by atoms with van der Waals surface area (Å²) in [4.78, 5) is 23.8. The Hall–Kier alpha value is -1.16. The van der Waals surface area contributed by atoms with E-state index < -0.39 is 0 Å². The van der Waals surface area contributed by atoms with Crippen LogP contribution in [0.15, 0.2) is 12.2 Å². The molecule has 4 heteroatoms. The standard InChI is InChI=1S/C14H20O4/c1-3-11-14(16)9-6-5-7-12(18-11)10(9)8-13(15)17-4-2/h5-6,9-12H,3-4,7-8H2,1-2H3/t9-,10?,11+,12+/m0/s1. The zero-order valence-electron chi connectivity index (χ0n) is 10.9. The molecule has 0 amide bonds. The first kappa shape index (κ1) is 13.3. The van der Waals surface area contributed by atoms with E-state index in [4.69, 9.17) is 9.47 Å². The molecule has 1 aliphatic heterocycles. The van der Waals surface area contributed by atoms with Gasteiger partial charge in [-0.2, -0.15) is 0 Å². The number of carbonyl (C=O) groups excluding carboxylic acids is 2. The lowest BCUT2D eigenvalue weighted by Crippen LogP contribution is -2.49. The molecule has 0 radical (unpaired) electrons. The Bertz CT molecular complexity index is 361. The molecule has 18 heavy (non-hydrogen) atoms. The van der Waals surface area contributed by atoms with Crippen molar-refractivity contribution in [1.82, 2.24) is 0 Å². The fourth-order valence-corrected chi connectivity index (χ4v) is 2.83. The Morgan fingerprint density at radius 1 is 1.50 bits per heavy atom. The van der Waals surface area contributed by atoms with Crippen LogP contribution in [0.1, 0.15) is 33.1 Å². The van der Waals surface area contributed by atoms with Gasteiger partial charge < -0.3 is 9.47 Å². The summed E-state index contributed by atoms with van der Waals surface area (Å²) < 4.78 is 10.8. The summed E-state index contributed by atoms with van der Waals surface area (Å²) in [6.45, 7) is 4.12. The lowest BCUT2D eigenvalue weighted by Gasteiger charge is -2.41. The van der Waals surface area contributed by atoms with Crippen molar-refractivity contribution >= 4 is 11.8 Å². The Kier molecular flexibility index (Phi) is 4.17. The first-order valence-electron chi connectivity index (χ1n) is 6.68. The van der Waals surface area contributed by atoms with Gasteiger partial charge in [0, 0.05) is 11.8 Å². The number of ketones is 1. The molecule has 2 aliphatic rings. The average molecular weight is 252 g/mol. The number of Topliss-reactive ketones (excluding diaryl/α,β-unsaturated/α-hetero) is 1. The van der Waals surface area contributed by atoms with E-state index in [2.05, 4.69) is 0 Å². The van der Waals surface area contributed by atoms with Gasteiger partial charge in [0.1, 0.15) is 6.10 Å². The quantitative estimate of drug-likeness (QED) is 0.566. The Labute approximate surface area is 107 Å². The zero-order valence-corrected chi connectivity index (χ0v) is 10.9. The number of allylic oxidation sites excluding steroid dienone is 1. The van der Waals surface area contributed by atoms with Crippen LogP contribution in [-0.4, -0.2) is 30.6 Å². The molecule has 4 atom stereocenters. The molecule has 0 spiro atoms. The molecule has 2 rings (SSSR count). The Balaban J connectivity index is 2.10. The van der Waals surface area contributed by atoms with Crippen molar-refractivity contribution in [3.63, 3.8) is 0 Å². The molecule has 2 bridgehead atoms. The smallest absolute Gasteiger partial charge is 0.306 e. The number of carbonyl (C=O) groups is 2. The number of hydrogen-bond donors (Lipinski definition) is 0. The fourth-order valence-electron chi connectivity index (χ4n) is 2.83. The molecular weight excluding hydrogens is 232 g/mol. The lowest BCUT2D eigenvalue weighted by molar-refractivity contribution is -0.163. The Morgan fingerprint density at radius 2 is 2.28 bits per heavy atom. The first-order chi connectivity index (χ1) is 8.67. The summed E-state index contributed by atoms with van der Waals surface area (Å²) in [6.07, 6.45) is 5.36. The van der Waals surface area contributed by atoms with Crippen LogP contribution in [0.3, 0.4) is 0 Å². The molecule has 0 aromatic heterocycles. The maximum atomic E-state index is 12.2. The van der Waals surface area contributed by atoms with E-state index in [1.807, 2.05) is 19.1 Å². The van der Waals surface area contributed by atoms with Gasteiger partial charge in [0.2, 0.25) is 0 Å². The van der Waals surface area contributed by atoms with Crippen LogP contribution in [0.25, 0.3) is 0 Å². The van der Waals surface area contributed by atoms with Crippen molar-refractivity contribution in [3.8, 4) is 0 Å². The summed E-state index contributed by atoms with van der Waals surface area (Å²) in [5, 5.41) is 0. The highest BCUT2D eigenvalue weighted by Gasteiger charge is 2.45. The molecule has 1 saturated heterocycles. The van der Waals surface area contributed by atoms with E-state index in [0.29, 0.717) is 13.0 Å². The largest absolute Gasteiger partial charge is 0.466 e. The van der Waals surface area contributed by atoms with Gasteiger partial charge >= 0.3 is 5.97 Å². The van der Waals surface area contributed by atoms with Gasteiger partial charge in [-0.15, -0.1) is 0 Å². The van der Waals surface area contributed by atoms with Gasteiger partial charge in [0.15, 0.2) is 5.78 Å². The molecule has 0 aromatic carbocycles. The third kappa shape index (κ3) is 2.48. The molecule has 0 aromatic rings. The second-order valence-electron chi connectivity index (χ2n) is 4.84. The van der Waals surface area contributed by atoms with Crippen molar-refractivity contribution in [1.29, 1.82) is 0 Å². The summed E-state index contributed by atoms with van der Waals surface area (Å²) in [5.41, 5.74) is 0. The van der Waals surface area contributed by atoms with E-state index in [9.17, 15) is 9.59 Å². The van der Waals surface area contributed by atoms with Crippen LogP contribution >= 0.6 is 0 Å². The molecule has 100 valence electrons. The minimum Gasteiger partial charge on any atom is -0.466 e. The molecule has 0 N–H and O–H groups in total. The maximum absolute atomic E-state index is 12.2. The molecule has 0 saturated carbocycles. The SMILES string of the molecule is CCOC(=O)CC1[C@@H]2C=CC[C@H]1O[C@H](CC)C2=O. The molecule has 4 nitrogen and oxygen atoms in total. The highest BCUT2D eigenvalue weighted by molar-refractivity contribution is 5.88. The van der Waals surface area contributed by atoms with Crippen molar-refractivity contribution in [2.24, 2.45) is 11.8 Å². The monoisotopic (exact) mass is 252 g/mol. The maximum Gasteiger partial charge on any atom is 0.306 e. The lowest BCUT2D eigenvalue weighted by atomic mass is 9.73. The average Bonchev–Trinajstić information content (AvgIpc) is 2.34. The molecular formula is C14H20O4. The third-order valence-corrected chi connectivity index (χ3v) is 3.71. The zero-order chi connectivity index (χ0) is 13.1. The van der Waals surface area contributed by atoms with Crippen LogP contribution in [0.5, 0.6) is 0 Å². The normalized spacial score (nSPS) is 34.4. The van der Waals surface area contributed by atoms with Crippen LogP contribution in [0, 0.1) is 11.8 Å². The van der Waals surface area contributed by atoms with Crippen LogP contribution in [0.2, 0.25) is 0 Å². The highest BCUT2D eigenvalue weighted by Crippen LogP contribution is 2.37. The predicted molar refractivity (Wildman–Crippen MR) is 65.9 cm³/mol. The van der Waals surface area contributed by atoms with Crippen molar-refractivity contribution < 1.29 is 19.1 Å². The second kappa shape index (κ2) is 5.65. The van der Waals surface area contributed by atoms with Crippen molar-refractivity contribution in [2.75, 3.05) is 6.61 Å². The van der Waals surface area contributed by atoms with Gasteiger partial charge in [-0.3, -0.25) is 9.59 Å². The Morgan fingerprint density at radius 3 is 2.94 bits per heavy atom. The summed E-state index contributed by atoms with van der Waals surface area (Å²) in [5.74, 6) is -0.352. The van der Waals surface area contributed by atoms with E-state index in [-0.39, 0.29) is 42.2 Å². The fraction of sp³-hybridized carbons (Fsp3) is 0.714. The molecule has 1 fully saturated rings. The van der Waals surface area contributed by atoms with Gasteiger partial charge in [0.05, 0.1) is 19.1 Å². The van der Waals surface area contributed by atoms with Crippen LogP contribution in [0.4, 0.5) is 0 Å². The summed E-state index contributed by atoms with van der Waals surface area (Å²) in [6, 6.07) is 0. The summed E-state index contributed by atoms with van der Waals surface area (Å²) >= 11 is 0. The molecule has 1 unspecified atom stereocenters. The third-order valence-electron chi connectivity index (χ3n) is 3.71. The number of hydrogen-bond acceptors (Lipinski definition) is 4. The number of rotatable bonds is 4. The minimum atomic E-state index is -0.302. The topological polar surface area (TPSA) is 52.6 Å². The predicted octanol–water partition coefficient (Wildman–Crippen LogP) is 1.88. The van der Waals surface area contributed by atoms with E-state index >= 15 is 0 Å². The second-order valence-corrected chi connectivity index (χ2v) is 4.84. The van der Waals surface area contributed by atoms with Gasteiger partial charge in [0.25, 0.3) is 0 Å². The van der Waals surface area contributed by atoms with E-state index in [1.54, 1.807) is 6.92 Å². The minimum absolute atomic E-state index is 0.0212. The number of esters is 1. The van der Waals surface area contributed by atoms with Crippen molar-refractivity contribution in [2.45, 2.75) is 45.3 Å². The number of fused-ring (bicyclic) bond motifs is 2. The number of ether oxygens (including phenoxy) is 2. The van der Waals surface area contributed by atoms with Gasteiger partial charge in [-0.05, 0) is 19.8 Å². The van der Waals surface area contributed by atoms with Gasteiger partial charge in [-0.1, -0.05) is 19.1 Å². The first-order valence-corrected chi connectivity index (χ1v) is 6.68. The van der Waals surface area contributed by atoms with Crippen molar-refractivity contribution in [3.05, 3.63) is 12.2 Å². The van der Waals surface area contributed by atoms with Gasteiger partial charge in [-0.25, -0.2) is 0 Å². The van der Waals surface area contributed by atoms with Crippen LogP contribution in [-0.2, 0) is 19.1 Å². The summed E-state index contributed by atoms with van der Waals surface area (Å²) in [7, 11) is 0. The molecule has 1 aliphatic carbocycles.